The topological polar surface area (TPSA) is 112 Å². The van der Waals surface area contributed by atoms with Crippen LogP contribution < -0.4 is 5.32 Å². The van der Waals surface area contributed by atoms with Crippen molar-refractivity contribution in [1.82, 2.24) is 14.8 Å². The number of hydrogen-bond acceptors (Lipinski definition) is 10. The van der Waals surface area contributed by atoms with Crippen LogP contribution in [-0.2, 0) is 33.7 Å². The molecule has 1 aliphatic carbocycles. The summed E-state index contributed by atoms with van der Waals surface area (Å²) in [5.74, 6) is -0.00224. The van der Waals surface area contributed by atoms with E-state index in [9.17, 15) is 14.4 Å². The van der Waals surface area contributed by atoms with Gasteiger partial charge in [0.05, 0.1) is 24.5 Å². The van der Waals surface area contributed by atoms with E-state index in [0.717, 1.165) is 42.0 Å². The van der Waals surface area contributed by atoms with Gasteiger partial charge in [-0.1, -0.05) is 24.8 Å². The molecule has 0 aromatic carbocycles. The van der Waals surface area contributed by atoms with Gasteiger partial charge in [-0.05, 0) is 57.1 Å². The third-order valence-corrected chi connectivity index (χ3v) is 9.55. The van der Waals surface area contributed by atoms with Crippen molar-refractivity contribution in [2.45, 2.75) is 58.7 Å². The highest BCUT2D eigenvalue weighted by Crippen LogP contribution is 2.39. The molecule has 3 heterocycles. The predicted octanol–water partition coefficient (Wildman–Crippen LogP) is 5.77. The molecule has 0 saturated heterocycles. The van der Waals surface area contributed by atoms with Gasteiger partial charge in [0.15, 0.2) is 11.0 Å². The molecule has 208 valence electrons. The monoisotopic (exact) mass is 588 g/mol. The number of rotatable bonds is 11. The van der Waals surface area contributed by atoms with Crippen LogP contribution in [0.5, 0.6) is 0 Å². The summed E-state index contributed by atoms with van der Waals surface area (Å²) in [6.45, 7) is 12.1. The highest BCUT2D eigenvalue weighted by molar-refractivity contribution is 7.99. The first-order valence-electron chi connectivity index (χ1n) is 12.8. The van der Waals surface area contributed by atoms with E-state index in [-0.39, 0.29) is 40.3 Å². The summed E-state index contributed by atoms with van der Waals surface area (Å²) >= 11 is 4.03. The van der Waals surface area contributed by atoms with Crippen molar-refractivity contribution in [2.24, 2.45) is 5.92 Å². The van der Waals surface area contributed by atoms with Crippen LogP contribution in [0.15, 0.2) is 23.2 Å². The van der Waals surface area contributed by atoms with E-state index in [0.29, 0.717) is 23.2 Å². The molecule has 0 fully saturated rings. The second-order valence-electron chi connectivity index (χ2n) is 9.14. The molecule has 3 aromatic rings. The number of anilines is 1. The average molecular weight is 589 g/mol. The summed E-state index contributed by atoms with van der Waals surface area (Å²) < 4.78 is 12.3. The van der Waals surface area contributed by atoms with E-state index in [4.69, 9.17) is 9.47 Å². The first-order valence-corrected chi connectivity index (χ1v) is 15.5. The van der Waals surface area contributed by atoms with Crippen molar-refractivity contribution in [1.29, 1.82) is 0 Å². The number of nitrogens with one attached hydrogen (secondary N) is 1. The minimum absolute atomic E-state index is 0.0302. The standard InChI is InChI=1S/C27H32N4O5S3/c1-6-11-31-23(18-13-37-19-12-15(4)9-10-17(18)19)29-30-27(31)38-14-20(32)28-24-21(25(33)35-7-2)16(5)22(39-24)26(34)36-8-3/h6,13,15H,1,7-12,14H2,2-5H3,(H,28,32). The highest BCUT2D eigenvalue weighted by Gasteiger charge is 2.28. The van der Waals surface area contributed by atoms with Crippen molar-refractivity contribution in [3.8, 4) is 11.4 Å². The Morgan fingerprint density at radius 3 is 2.69 bits per heavy atom. The zero-order valence-electron chi connectivity index (χ0n) is 22.5. The van der Waals surface area contributed by atoms with E-state index in [1.165, 1.54) is 22.2 Å². The fraction of sp³-hybridized carbons (Fsp3) is 0.444. The minimum atomic E-state index is -0.603. The van der Waals surface area contributed by atoms with Crippen LogP contribution in [0.2, 0.25) is 0 Å². The molecule has 12 heteroatoms. The predicted molar refractivity (Wildman–Crippen MR) is 155 cm³/mol. The number of carbonyl (C=O) groups excluding carboxylic acids is 3. The van der Waals surface area contributed by atoms with Crippen molar-refractivity contribution < 1.29 is 23.9 Å². The number of thioether (sulfide) groups is 1. The molecular formula is C27H32N4O5S3. The van der Waals surface area contributed by atoms with Crippen LogP contribution in [0.3, 0.4) is 0 Å². The molecule has 0 saturated carbocycles. The molecule has 1 unspecified atom stereocenters. The van der Waals surface area contributed by atoms with Gasteiger partial charge in [-0.15, -0.1) is 39.4 Å². The summed E-state index contributed by atoms with van der Waals surface area (Å²) in [5, 5.41) is 14.7. The number of fused-ring (bicyclic) bond motifs is 1. The third-order valence-electron chi connectivity index (χ3n) is 6.34. The van der Waals surface area contributed by atoms with E-state index in [1.54, 1.807) is 38.2 Å². The van der Waals surface area contributed by atoms with E-state index < -0.39 is 11.9 Å². The van der Waals surface area contributed by atoms with Crippen LogP contribution in [0.1, 0.15) is 63.2 Å². The fourth-order valence-corrected chi connectivity index (χ4v) is 7.58. The highest BCUT2D eigenvalue weighted by atomic mass is 32.2. The van der Waals surface area contributed by atoms with Crippen molar-refractivity contribution in [3.05, 3.63) is 44.5 Å². The number of carbonyl (C=O) groups is 3. The van der Waals surface area contributed by atoms with Gasteiger partial charge in [-0.3, -0.25) is 9.36 Å². The van der Waals surface area contributed by atoms with Gasteiger partial charge < -0.3 is 14.8 Å². The number of ether oxygens (including phenoxy) is 2. The molecule has 0 spiro atoms. The fourth-order valence-electron chi connectivity index (χ4n) is 4.49. The number of hydrogen-bond donors (Lipinski definition) is 1. The third kappa shape index (κ3) is 6.28. The van der Waals surface area contributed by atoms with E-state index in [2.05, 4.69) is 34.4 Å². The second-order valence-corrected chi connectivity index (χ2v) is 12.1. The van der Waals surface area contributed by atoms with Gasteiger partial charge in [-0.25, -0.2) is 9.59 Å². The summed E-state index contributed by atoms with van der Waals surface area (Å²) in [6.07, 6.45) is 5.06. The lowest BCUT2D eigenvalue weighted by molar-refractivity contribution is -0.113. The molecule has 0 radical (unpaired) electrons. The molecule has 9 nitrogen and oxygen atoms in total. The van der Waals surface area contributed by atoms with E-state index >= 15 is 0 Å². The number of aromatic nitrogens is 3. The maximum absolute atomic E-state index is 13.0. The van der Waals surface area contributed by atoms with Crippen molar-refractivity contribution in [3.63, 3.8) is 0 Å². The SMILES string of the molecule is C=CCn1c(SCC(=O)Nc2sc(C(=O)OCC)c(C)c2C(=O)OCC)nnc1-c1csc2c1CCC(C)C2. The van der Waals surface area contributed by atoms with Gasteiger partial charge in [0.1, 0.15) is 9.88 Å². The van der Waals surface area contributed by atoms with Gasteiger partial charge >= 0.3 is 11.9 Å². The lowest BCUT2D eigenvalue weighted by Crippen LogP contribution is -2.17. The van der Waals surface area contributed by atoms with Crippen LogP contribution in [-0.4, -0.2) is 51.6 Å². The zero-order valence-corrected chi connectivity index (χ0v) is 24.9. The Kier molecular flexibility index (Phi) is 9.62. The Balaban J connectivity index is 1.53. The summed E-state index contributed by atoms with van der Waals surface area (Å²) in [7, 11) is 0. The number of thiophene rings is 2. The van der Waals surface area contributed by atoms with Gasteiger partial charge in [0, 0.05) is 22.4 Å². The van der Waals surface area contributed by atoms with Crippen LogP contribution in [0, 0.1) is 12.8 Å². The largest absolute Gasteiger partial charge is 0.462 e. The molecule has 3 aromatic heterocycles. The first kappa shape index (κ1) is 29.0. The van der Waals surface area contributed by atoms with Crippen LogP contribution in [0.25, 0.3) is 11.4 Å². The van der Waals surface area contributed by atoms with Gasteiger partial charge in [-0.2, -0.15) is 0 Å². The Labute approximate surface area is 240 Å². The molecule has 1 atom stereocenters. The lowest BCUT2D eigenvalue weighted by Gasteiger charge is -2.19. The normalized spacial score (nSPS) is 14.5. The van der Waals surface area contributed by atoms with Gasteiger partial charge in [0.2, 0.25) is 5.91 Å². The smallest absolute Gasteiger partial charge is 0.348 e. The Hall–Kier alpha value is -2.96. The molecule has 1 amide bonds. The number of allylic oxidation sites excluding steroid dienone is 1. The minimum Gasteiger partial charge on any atom is -0.462 e. The molecule has 1 N–H and O–H groups in total. The molecule has 39 heavy (non-hydrogen) atoms. The Morgan fingerprint density at radius 2 is 1.97 bits per heavy atom. The number of nitrogens with zero attached hydrogens (tertiary/aromatic N) is 3. The van der Waals surface area contributed by atoms with Gasteiger partial charge in [0.25, 0.3) is 0 Å². The second kappa shape index (κ2) is 12.9. The molecule has 0 aliphatic heterocycles. The van der Waals surface area contributed by atoms with Crippen molar-refractivity contribution >= 4 is 57.3 Å². The quantitative estimate of drug-likeness (QED) is 0.171. The van der Waals surface area contributed by atoms with Crippen LogP contribution in [0.4, 0.5) is 5.00 Å². The van der Waals surface area contributed by atoms with Crippen LogP contribution >= 0.6 is 34.4 Å². The zero-order chi connectivity index (χ0) is 28.1. The van der Waals surface area contributed by atoms with E-state index in [1.807, 2.05) is 4.57 Å². The lowest BCUT2D eigenvalue weighted by atomic mass is 9.88. The number of amides is 1. The average Bonchev–Trinajstić information content (AvgIpc) is 3.58. The molecule has 4 rings (SSSR count). The molecule has 0 bridgehead atoms. The van der Waals surface area contributed by atoms with Crippen molar-refractivity contribution in [2.75, 3.05) is 24.3 Å². The molecular weight excluding hydrogens is 557 g/mol. The maximum atomic E-state index is 13.0. The molecule has 1 aliphatic rings. The summed E-state index contributed by atoms with van der Waals surface area (Å²) in [4.78, 5) is 39.7. The summed E-state index contributed by atoms with van der Waals surface area (Å²) in [6, 6.07) is 0. The Bertz CT molecular complexity index is 1390. The Morgan fingerprint density at radius 1 is 1.23 bits per heavy atom. The first-order chi connectivity index (χ1) is 18.8. The maximum Gasteiger partial charge on any atom is 0.348 e. The summed E-state index contributed by atoms with van der Waals surface area (Å²) in [5.41, 5.74) is 3.04. The number of esters is 2.